The highest BCUT2D eigenvalue weighted by atomic mass is 16.2. The summed E-state index contributed by atoms with van der Waals surface area (Å²) >= 11 is 0. The van der Waals surface area contributed by atoms with Crippen molar-refractivity contribution in [2.24, 2.45) is 5.92 Å². The summed E-state index contributed by atoms with van der Waals surface area (Å²) in [5.74, 6) is 0.680. The number of carbonyl (C=O) groups excluding carboxylic acids is 1. The molecule has 2 aromatic heterocycles. The molecule has 8 nitrogen and oxygen atoms in total. The van der Waals surface area contributed by atoms with Crippen molar-refractivity contribution in [2.45, 2.75) is 33.2 Å². The molecule has 1 aliphatic rings. The van der Waals surface area contributed by atoms with Gasteiger partial charge in [0.05, 0.1) is 17.9 Å². The molecular formula is C24H28N6O2. The van der Waals surface area contributed by atoms with Gasteiger partial charge in [-0.05, 0) is 44.4 Å². The van der Waals surface area contributed by atoms with Crippen LogP contribution < -0.4 is 15.8 Å². The zero-order valence-corrected chi connectivity index (χ0v) is 18.5. The van der Waals surface area contributed by atoms with Crippen molar-refractivity contribution in [1.82, 2.24) is 25.1 Å². The minimum atomic E-state index is -0.117. The minimum Gasteiger partial charge on any atom is -0.354 e. The number of aromatic nitrogens is 4. The number of amides is 1. The van der Waals surface area contributed by atoms with Crippen molar-refractivity contribution in [3.63, 3.8) is 0 Å². The molecular weight excluding hydrogens is 404 g/mol. The highest BCUT2D eigenvalue weighted by Crippen LogP contribution is 2.24. The van der Waals surface area contributed by atoms with Gasteiger partial charge in [0, 0.05) is 43.5 Å². The van der Waals surface area contributed by atoms with Gasteiger partial charge in [-0.15, -0.1) is 10.2 Å². The van der Waals surface area contributed by atoms with Crippen LogP contribution in [0.3, 0.4) is 0 Å². The molecule has 8 heteroatoms. The zero-order chi connectivity index (χ0) is 22.5. The van der Waals surface area contributed by atoms with E-state index in [0.717, 1.165) is 42.0 Å². The Morgan fingerprint density at radius 2 is 1.97 bits per heavy atom. The number of hydrogen-bond acceptors (Lipinski definition) is 6. The molecule has 0 aliphatic carbocycles. The van der Waals surface area contributed by atoms with Gasteiger partial charge in [-0.3, -0.25) is 14.2 Å². The molecule has 1 aromatic carbocycles. The van der Waals surface area contributed by atoms with Crippen LogP contribution in [0.15, 0.2) is 53.7 Å². The highest BCUT2D eigenvalue weighted by molar-refractivity contribution is 5.79. The maximum atomic E-state index is 12.7. The van der Waals surface area contributed by atoms with Gasteiger partial charge >= 0.3 is 0 Å². The Labute approximate surface area is 187 Å². The first-order valence-corrected chi connectivity index (χ1v) is 11.0. The Hall–Kier alpha value is -3.55. The second-order valence-electron chi connectivity index (χ2n) is 8.24. The Bertz CT molecular complexity index is 1140. The maximum Gasteiger partial charge on any atom is 0.256 e. The summed E-state index contributed by atoms with van der Waals surface area (Å²) in [6, 6.07) is 12.1. The number of anilines is 1. The molecule has 3 aromatic rings. The number of rotatable bonds is 6. The zero-order valence-electron chi connectivity index (χ0n) is 18.5. The second-order valence-corrected chi connectivity index (χ2v) is 8.24. The van der Waals surface area contributed by atoms with Gasteiger partial charge in [-0.2, -0.15) is 0 Å². The van der Waals surface area contributed by atoms with E-state index in [9.17, 15) is 9.59 Å². The molecule has 1 atom stereocenters. The average Bonchev–Trinajstić information content (AvgIpc) is 2.82. The molecule has 166 valence electrons. The smallest absolute Gasteiger partial charge is 0.256 e. The average molecular weight is 433 g/mol. The van der Waals surface area contributed by atoms with Crippen molar-refractivity contribution in [3.8, 4) is 11.3 Å². The topological polar surface area (TPSA) is 93.0 Å². The molecule has 0 radical (unpaired) electrons. The molecule has 1 N–H and O–H groups in total. The lowest BCUT2D eigenvalue weighted by atomic mass is 9.97. The normalized spacial score (nSPS) is 16.1. The van der Waals surface area contributed by atoms with Gasteiger partial charge in [0.15, 0.2) is 5.82 Å². The highest BCUT2D eigenvalue weighted by Gasteiger charge is 2.26. The van der Waals surface area contributed by atoms with Gasteiger partial charge < -0.3 is 10.2 Å². The van der Waals surface area contributed by atoms with Gasteiger partial charge in [-0.25, -0.2) is 4.98 Å². The van der Waals surface area contributed by atoms with Gasteiger partial charge in [-0.1, -0.05) is 24.3 Å². The lowest BCUT2D eigenvalue weighted by molar-refractivity contribution is -0.125. The van der Waals surface area contributed by atoms with Crippen LogP contribution in [0.2, 0.25) is 0 Å². The predicted octanol–water partition coefficient (Wildman–Crippen LogP) is 2.35. The van der Waals surface area contributed by atoms with E-state index < -0.39 is 0 Å². The summed E-state index contributed by atoms with van der Waals surface area (Å²) in [6.07, 6.45) is 4.80. The summed E-state index contributed by atoms with van der Waals surface area (Å²) in [5, 5.41) is 11.8. The predicted molar refractivity (Wildman–Crippen MR) is 123 cm³/mol. The molecule has 0 bridgehead atoms. The fourth-order valence-corrected chi connectivity index (χ4v) is 4.06. The van der Waals surface area contributed by atoms with E-state index in [-0.39, 0.29) is 17.4 Å². The van der Waals surface area contributed by atoms with E-state index in [1.165, 1.54) is 10.9 Å². The Morgan fingerprint density at radius 1 is 1.12 bits per heavy atom. The van der Waals surface area contributed by atoms with Crippen molar-refractivity contribution in [1.29, 1.82) is 0 Å². The third-order valence-electron chi connectivity index (χ3n) is 5.91. The molecule has 0 spiro atoms. The number of piperidine rings is 1. The summed E-state index contributed by atoms with van der Waals surface area (Å²) < 4.78 is 1.52. The number of nitrogens with zero attached hydrogens (tertiary/aromatic N) is 5. The van der Waals surface area contributed by atoms with Gasteiger partial charge in [0.25, 0.3) is 5.56 Å². The Kier molecular flexibility index (Phi) is 6.58. The third kappa shape index (κ3) is 4.85. The summed E-state index contributed by atoms with van der Waals surface area (Å²) in [7, 11) is 0. The summed E-state index contributed by atoms with van der Waals surface area (Å²) in [5.41, 5.74) is 3.60. The van der Waals surface area contributed by atoms with Crippen LogP contribution in [0.1, 0.15) is 24.0 Å². The molecule has 3 heterocycles. The Balaban J connectivity index is 1.34. The van der Waals surface area contributed by atoms with E-state index in [4.69, 9.17) is 0 Å². The summed E-state index contributed by atoms with van der Waals surface area (Å²) in [6.45, 7) is 6.05. The van der Waals surface area contributed by atoms with Gasteiger partial charge in [0.2, 0.25) is 5.91 Å². The minimum absolute atomic E-state index is 0.00727. The van der Waals surface area contributed by atoms with E-state index in [0.29, 0.717) is 25.2 Å². The Morgan fingerprint density at radius 3 is 2.75 bits per heavy atom. The molecule has 4 rings (SSSR count). The lowest BCUT2D eigenvalue weighted by Gasteiger charge is -2.32. The quantitative estimate of drug-likeness (QED) is 0.643. The monoisotopic (exact) mass is 432 g/mol. The molecule has 1 fully saturated rings. The number of benzene rings is 1. The van der Waals surface area contributed by atoms with Gasteiger partial charge in [0.1, 0.15) is 0 Å². The van der Waals surface area contributed by atoms with Crippen LogP contribution in [-0.4, -0.2) is 45.3 Å². The van der Waals surface area contributed by atoms with Crippen molar-refractivity contribution in [3.05, 3.63) is 70.4 Å². The van der Waals surface area contributed by atoms with Crippen molar-refractivity contribution in [2.75, 3.05) is 24.5 Å². The lowest BCUT2D eigenvalue weighted by Crippen LogP contribution is -2.44. The van der Waals surface area contributed by atoms with Crippen LogP contribution in [0.4, 0.5) is 5.82 Å². The fourth-order valence-electron chi connectivity index (χ4n) is 4.06. The van der Waals surface area contributed by atoms with E-state index >= 15 is 0 Å². The third-order valence-corrected chi connectivity index (χ3v) is 5.91. The molecule has 0 saturated carbocycles. The van der Waals surface area contributed by atoms with Crippen LogP contribution >= 0.6 is 0 Å². The second kappa shape index (κ2) is 9.72. The molecule has 32 heavy (non-hydrogen) atoms. The molecule has 1 amide bonds. The largest absolute Gasteiger partial charge is 0.354 e. The number of nitrogens with one attached hydrogen (secondary N) is 1. The van der Waals surface area contributed by atoms with E-state index in [2.05, 4.69) is 38.4 Å². The van der Waals surface area contributed by atoms with Crippen molar-refractivity contribution >= 4 is 11.7 Å². The van der Waals surface area contributed by atoms with Crippen LogP contribution in [0, 0.1) is 19.8 Å². The number of hydrogen-bond donors (Lipinski definition) is 1. The maximum absolute atomic E-state index is 12.7. The molecule has 1 aliphatic heterocycles. The SMILES string of the molecule is Cc1ccccc1-c1ccc(N2CCCC(C(=O)NCCn3cncc(C)c3=O)C2)nn1. The van der Waals surface area contributed by atoms with Crippen LogP contribution in [-0.2, 0) is 11.3 Å². The summed E-state index contributed by atoms with van der Waals surface area (Å²) in [4.78, 5) is 30.9. The van der Waals surface area contributed by atoms with E-state index in [1.807, 2.05) is 30.3 Å². The fraction of sp³-hybridized carbons (Fsp3) is 0.375. The number of aryl methyl sites for hydroxylation is 2. The van der Waals surface area contributed by atoms with Crippen LogP contribution in [0.5, 0.6) is 0 Å². The first-order valence-electron chi connectivity index (χ1n) is 11.0. The van der Waals surface area contributed by atoms with Crippen LogP contribution in [0.25, 0.3) is 11.3 Å². The van der Waals surface area contributed by atoms with Crippen molar-refractivity contribution < 1.29 is 4.79 Å². The standard InChI is InChI=1S/C24H28N6O2/c1-17-6-3-4-8-20(17)21-9-10-22(28-27-21)29-12-5-7-19(15-29)23(31)26-11-13-30-16-25-14-18(2)24(30)32/h3-4,6,8-10,14,16,19H,5,7,11-13,15H2,1-2H3,(H,26,31). The van der Waals surface area contributed by atoms with E-state index in [1.54, 1.807) is 13.1 Å². The first-order chi connectivity index (χ1) is 15.5. The molecule has 1 unspecified atom stereocenters. The number of carbonyl (C=O) groups is 1. The first kappa shape index (κ1) is 21.7. The molecule has 1 saturated heterocycles.